The van der Waals surface area contributed by atoms with Gasteiger partial charge in [0.15, 0.2) is 0 Å². The van der Waals surface area contributed by atoms with Crippen molar-refractivity contribution >= 4 is 45.6 Å². The molecular formula is C17H21B3F6O7S. The van der Waals surface area contributed by atoms with Crippen LogP contribution < -0.4 is 4.74 Å². The van der Waals surface area contributed by atoms with E-state index in [1.807, 2.05) is 7.85 Å². The standard InChI is InChI=1S/C17H21B3F6O7S/c18-5-9-3-10(6-19)14(11(4-9)7-20)32-12(27)1-2-13(28)33-15(16(21,22)23,17(24,25)26)8-34(29,30)31/h3-4H,1-2,5-8,18-20H2,(H,29,30,31). The Labute approximate surface area is 194 Å². The molecule has 1 aromatic rings. The number of ether oxygens (including phenoxy) is 2. The summed E-state index contributed by atoms with van der Waals surface area (Å²) in [6, 6.07) is 3.57. The summed E-state index contributed by atoms with van der Waals surface area (Å²) in [6.45, 7) is 0. The number of rotatable bonds is 10. The van der Waals surface area contributed by atoms with Crippen molar-refractivity contribution in [2.75, 3.05) is 5.75 Å². The minimum absolute atomic E-state index is 0.187. The summed E-state index contributed by atoms with van der Waals surface area (Å²) in [7, 11) is -0.416. The quantitative estimate of drug-likeness (QED) is 0.154. The normalized spacial score (nSPS) is 12.9. The first-order chi connectivity index (χ1) is 15.4. The summed E-state index contributed by atoms with van der Waals surface area (Å²) in [4.78, 5) is 24.0. The van der Waals surface area contributed by atoms with E-state index in [-0.39, 0.29) is 5.75 Å². The monoisotopic (exact) mass is 516 g/mol. The van der Waals surface area contributed by atoms with Crippen molar-refractivity contribution in [1.82, 2.24) is 0 Å². The van der Waals surface area contributed by atoms with Crippen molar-refractivity contribution in [2.24, 2.45) is 0 Å². The second-order valence-corrected chi connectivity index (χ2v) is 8.75. The molecule has 1 aromatic carbocycles. The minimum atomic E-state index is -6.44. The second kappa shape index (κ2) is 11.1. The molecule has 0 fully saturated rings. The SMILES string of the molecule is BCc1cc(CB)c(OC(=O)CCC(=O)OC(CS(=O)(=O)O)(C(F)(F)F)C(F)(F)F)c(CB)c1. The van der Waals surface area contributed by atoms with E-state index in [0.29, 0.717) is 30.1 Å². The molecule has 0 aromatic heterocycles. The average Bonchev–Trinajstić information content (AvgIpc) is 2.69. The van der Waals surface area contributed by atoms with Crippen molar-refractivity contribution in [3.63, 3.8) is 0 Å². The van der Waals surface area contributed by atoms with Crippen LogP contribution in [-0.4, -0.2) is 72.2 Å². The summed E-state index contributed by atoms with van der Waals surface area (Å²) in [5.41, 5.74) is -3.26. The Balaban J connectivity index is 3.08. The molecule has 34 heavy (non-hydrogen) atoms. The van der Waals surface area contributed by atoms with Crippen molar-refractivity contribution in [3.05, 3.63) is 28.8 Å². The fourth-order valence-corrected chi connectivity index (χ4v) is 3.93. The smallest absolute Gasteiger partial charge is 0.438 e. The van der Waals surface area contributed by atoms with Gasteiger partial charge in [-0.15, -0.1) is 0 Å². The molecule has 0 radical (unpaired) electrons. The third-order valence-electron chi connectivity index (χ3n) is 4.81. The highest BCUT2D eigenvalue weighted by Crippen LogP contribution is 2.47. The highest BCUT2D eigenvalue weighted by Gasteiger charge is 2.75. The molecule has 0 atom stereocenters. The molecule has 0 amide bonds. The topological polar surface area (TPSA) is 107 Å². The van der Waals surface area contributed by atoms with Gasteiger partial charge in [-0.1, -0.05) is 36.7 Å². The lowest BCUT2D eigenvalue weighted by Gasteiger charge is -2.35. The lowest BCUT2D eigenvalue weighted by atomic mass is 9.85. The first-order valence-corrected chi connectivity index (χ1v) is 11.7. The number of hydrogen-bond acceptors (Lipinski definition) is 6. The van der Waals surface area contributed by atoms with Gasteiger partial charge in [-0.3, -0.25) is 14.1 Å². The van der Waals surface area contributed by atoms with E-state index in [1.54, 1.807) is 27.8 Å². The predicted octanol–water partition coefficient (Wildman–Crippen LogP) is 0.0659. The largest absolute Gasteiger partial charge is 0.438 e. The zero-order valence-corrected chi connectivity index (χ0v) is 19.3. The number of benzene rings is 1. The maximum atomic E-state index is 13.2. The van der Waals surface area contributed by atoms with Gasteiger partial charge in [0.05, 0.1) is 12.8 Å². The first-order valence-electron chi connectivity index (χ1n) is 10.1. The molecule has 7 nitrogen and oxygen atoms in total. The molecule has 0 bridgehead atoms. The van der Waals surface area contributed by atoms with E-state index in [1.165, 1.54) is 0 Å². The van der Waals surface area contributed by atoms with Gasteiger partial charge in [0.25, 0.3) is 10.1 Å². The van der Waals surface area contributed by atoms with Gasteiger partial charge in [-0.2, -0.15) is 34.8 Å². The number of alkyl halides is 6. The van der Waals surface area contributed by atoms with Gasteiger partial charge < -0.3 is 9.47 Å². The van der Waals surface area contributed by atoms with Crippen molar-refractivity contribution in [3.8, 4) is 5.75 Å². The van der Waals surface area contributed by atoms with E-state index in [2.05, 4.69) is 4.74 Å². The molecule has 0 unspecified atom stereocenters. The van der Waals surface area contributed by atoms with Gasteiger partial charge >= 0.3 is 29.9 Å². The van der Waals surface area contributed by atoms with E-state index < -0.39 is 58.6 Å². The first kappa shape index (κ1) is 29.9. The Morgan fingerprint density at radius 3 is 1.65 bits per heavy atom. The Bertz CT molecular complexity index is 973. The van der Waals surface area contributed by atoms with E-state index in [0.717, 1.165) is 5.56 Å². The van der Waals surface area contributed by atoms with Crippen molar-refractivity contribution in [2.45, 2.75) is 49.8 Å². The van der Waals surface area contributed by atoms with E-state index >= 15 is 0 Å². The van der Waals surface area contributed by atoms with Crippen LogP contribution in [0.2, 0.25) is 0 Å². The van der Waals surface area contributed by atoms with Gasteiger partial charge in [0.2, 0.25) is 0 Å². The summed E-state index contributed by atoms with van der Waals surface area (Å²) in [5.74, 6) is -6.09. The lowest BCUT2D eigenvalue weighted by molar-refractivity contribution is -0.361. The van der Waals surface area contributed by atoms with Crippen LogP contribution in [0.25, 0.3) is 0 Å². The minimum Gasteiger partial charge on any atom is -0.438 e. The highest BCUT2D eigenvalue weighted by molar-refractivity contribution is 7.85. The van der Waals surface area contributed by atoms with Crippen LogP contribution in [-0.2, 0) is 43.4 Å². The fourth-order valence-electron chi connectivity index (χ4n) is 3.03. The van der Waals surface area contributed by atoms with Crippen LogP contribution >= 0.6 is 0 Å². The molecule has 0 aliphatic heterocycles. The lowest BCUT2D eigenvalue weighted by Crippen LogP contribution is -2.63. The summed E-state index contributed by atoms with van der Waals surface area (Å²) in [5, 5.41) is 0. The Morgan fingerprint density at radius 1 is 0.853 bits per heavy atom. The van der Waals surface area contributed by atoms with Gasteiger partial charge in [0.1, 0.15) is 35.0 Å². The van der Waals surface area contributed by atoms with Crippen LogP contribution in [0.3, 0.4) is 0 Å². The number of hydrogen-bond donors (Lipinski definition) is 1. The van der Waals surface area contributed by atoms with Crippen LogP contribution in [0, 0.1) is 0 Å². The maximum absolute atomic E-state index is 13.2. The predicted molar refractivity (Wildman–Crippen MR) is 115 cm³/mol. The number of carbonyl (C=O) groups is 2. The third-order valence-corrected chi connectivity index (χ3v) is 5.58. The Kier molecular flexibility index (Phi) is 9.72. The number of carbonyl (C=O) groups excluding carboxylic acids is 2. The zero-order chi connectivity index (χ0) is 26.5. The van der Waals surface area contributed by atoms with Crippen LogP contribution in [0.1, 0.15) is 29.5 Å². The molecule has 1 rings (SSSR count). The average molecular weight is 516 g/mol. The molecule has 0 spiro atoms. The van der Waals surface area contributed by atoms with Crippen LogP contribution in [0.5, 0.6) is 5.75 Å². The molecule has 0 heterocycles. The van der Waals surface area contributed by atoms with Crippen LogP contribution in [0.15, 0.2) is 12.1 Å². The highest BCUT2D eigenvalue weighted by atomic mass is 32.2. The molecule has 0 saturated carbocycles. The summed E-state index contributed by atoms with van der Waals surface area (Å²) >= 11 is 0. The van der Waals surface area contributed by atoms with E-state index in [9.17, 15) is 44.3 Å². The molecule has 0 saturated heterocycles. The summed E-state index contributed by atoms with van der Waals surface area (Å²) in [6.07, 6.45) is -13.5. The number of halogens is 6. The van der Waals surface area contributed by atoms with Gasteiger partial charge in [0, 0.05) is 0 Å². The second-order valence-electron chi connectivity index (χ2n) is 7.30. The van der Waals surface area contributed by atoms with Crippen molar-refractivity contribution in [1.29, 1.82) is 0 Å². The van der Waals surface area contributed by atoms with Crippen LogP contribution in [0.4, 0.5) is 26.3 Å². The molecule has 0 aliphatic rings. The molecule has 17 heteroatoms. The van der Waals surface area contributed by atoms with Gasteiger partial charge in [-0.05, 0) is 11.1 Å². The zero-order valence-electron chi connectivity index (χ0n) is 18.5. The Hall–Kier alpha value is -2.16. The maximum Gasteiger partial charge on any atom is 0.438 e. The number of esters is 2. The molecular weight excluding hydrogens is 495 g/mol. The summed E-state index contributed by atoms with van der Waals surface area (Å²) < 4.78 is 118. The molecule has 0 aliphatic carbocycles. The fraction of sp³-hybridized carbons (Fsp3) is 0.529. The van der Waals surface area contributed by atoms with E-state index in [4.69, 9.17) is 9.29 Å². The molecule has 188 valence electrons. The molecule has 1 N–H and O–H groups in total. The third kappa shape index (κ3) is 7.42. The van der Waals surface area contributed by atoms with Gasteiger partial charge in [-0.25, -0.2) is 0 Å². The van der Waals surface area contributed by atoms with Crippen molar-refractivity contribution < 1.29 is 58.4 Å². The Morgan fingerprint density at radius 2 is 1.29 bits per heavy atom.